The van der Waals surface area contributed by atoms with E-state index in [4.69, 9.17) is 92.8 Å². The average molecular weight is 426 g/mol. The van der Waals surface area contributed by atoms with Crippen LogP contribution in [0, 0.1) is 0 Å². The maximum atomic E-state index is 4.76. The molecule has 0 N–H and O–H groups in total. The predicted molar refractivity (Wildman–Crippen MR) is 96.1 cm³/mol. The van der Waals surface area contributed by atoms with E-state index in [1.54, 1.807) is 0 Å². The first-order valence-electron chi connectivity index (χ1n) is 5.05. The molecule has 0 aliphatic rings. The Labute approximate surface area is 152 Å². The van der Waals surface area contributed by atoms with Gasteiger partial charge in [-0.15, -0.1) is 92.8 Å². The predicted octanol–water partition coefficient (Wildman–Crippen LogP) is 8.27. The quantitative estimate of drug-likeness (QED) is 0.315. The second-order valence-corrected chi connectivity index (χ2v) is 5.34. The van der Waals surface area contributed by atoms with Crippen LogP contribution in [0.25, 0.3) is 0 Å². The molecule has 0 atom stereocenters. The smallest absolute Gasteiger partial charge is 0.0967 e. The molecule has 0 spiro atoms. The van der Waals surface area contributed by atoms with Gasteiger partial charge in [0.15, 0.2) is 0 Å². The van der Waals surface area contributed by atoms with Gasteiger partial charge >= 0.3 is 0 Å². The third kappa shape index (κ3) is 194. The SMILES string of the molecule is CCCCCC.ClCCl.ClCCl.ClCCl.ClCCl. The lowest BCUT2D eigenvalue weighted by Crippen LogP contribution is -1.66. The molecule has 0 aliphatic carbocycles. The van der Waals surface area contributed by atoms with Crippen LogP contribution in [-0.2, 0) is 0 Å². The highest BCUT2D eigenvalue weighted by Crippen LogP contribution is 1.95. The molecule has 0 fully saturated rings. The molecule has 0 radical (unpaired) electrons. The van der Waals surface area contributed by atoms with Crippen LogP contribution in [-0.4, -0.2) is 21.4 Å². The van der Waals surface area contributed by atoms with Crippen molar-refractivity contribution in [3.8, 4) is 0 Å². The van der Waals surface area contributed by atoms with Gasteiger partial charge in [0.2, 0.25) is 0 Å². The van der Waals surface area contributed by atoms with Crippen LogP contribution in [0.4, 0.5) is 0 Å². The van der Waals surface area contributed by atoms with Gasteiger partial charge in [0.25, 0.3) is 0 Å². The van der Waals surface area contributed by atoms with Crippen LogP contribution in [0.5, 0.6) is 0 Å². The Hall–Kier alpha value is 2.32. The molecule has 0 saturated carbocycles. The fourth-order valence-corrected chi connectivity index (χ4v) is 0.500. The first kappa shape index (κ1) is 32.3. The van der Waals surface area contributed by atoms with Crippen molar-refractivity contribution >= 4 is 92.8 Å². The first-order chi connectivity index (χ1) is 8.57. The van der Waals surface area contributed by atoms with Crippen LogP contribution >= 0.6 is 92.8 Å². The van der Waals surface area contributed by atoms with E-state index < -0.39 is 0 Å². The Morgan fingerprint density at radius 3 is 0.611 bits per heavy atom. The number of hydrogen-bond donors (Lipinski definition) is 0. The van der Waals surface area contributed by atoms with Crippen molar-refractivity contribution in [1.29, 1.82) is 0 Å². The normalized spacial score (nSPS) is 7.00. The van der Waals surface area contributed by atoms with E-state index in [1.807, 2.05) is 0 Å². The summed E-state index contributed by atoms with van der Waals surface area (Å²) in [5.74, 6) is 0. The van der Waals surface area contributed by atoms with Gasteiger partial charge in [0.05, 0.1) is 21.4 Å². The molecule has 0 amide bonds. The summed E-state index contributed by atoms with van der Waals surface area (Å²) in [4.78, 5) is 0. The van der Waals surface area contributed by atoms with Crippen molar-refractivity contribution in [3.05, 3.63) is 0 Å². The van der Waals surface area contributed by atoms with Crippen LogP contribution in [0.2, 0.25) is 0 Å². The van der Waals surface area contributed by atoms with E-state index in [-0.39, 0.29) is 21.4 Å². The van der Waals surface area contributed by atoms with Gasteiger partial charge < -0.3 is 0 Å². The molecule has 118 valence electrons. The Balaban J connectivity index is -0.0000000412. The average Bonchev–Trinajstić information content (AvgIpc) is 2.30. The zero-order chi connectivity index (χ0) is 15.7. The number of halogens is 8. The van der Waals surface area contributed by atoms with Gasteiger partial charge in [-0.05, 0) is 0 Å². The highest BCUT2D eigenvalue weighted by Gasteiger charge is 1.75. The summed E-state index contributed by atoms with van der Waals surface area (Å²) in [7, 11) is 0. The van der Waals surface area contributed by atoms with Crippen LogP contribution in [0.1, 0.15) is 39.5 Å². The van der Waals surface area contributed by atoms with Gasteiger partial charge in [-0.1, -0.05) is 39.5 Å². The van der Waals surface area contributed by atoms with E-state index in [1.165, 1.54) is 25.7 Å². The fraction of sp³-hybridized carbons (Fsp3) is 1.00. The molecule has 0 nitrogen and oxygen atoms in total. The standard InChI is InChI=1S/C6H14.4CH2Cl2/c1-3-5-6-4-2;4*2-1-3/h3-6H2,1-2H3;4*1H2. The molecule has 0 bridgehead atoms. The summed E-state index contributed by atoms with van der Waals surface area (Å²) >= 11 is 38.1. The summed E-state index contributed by atoms with van der Waals surface area (Å²) in [5.41, 5.74) is 0. The topological polar surface area (TPSA) is 0 Å². The highest BCUT2D eigenvalue weighted by molar-refractivity contribution is 6.41. The van der Waals surface area contributed by atoms with E-state index >= 15 is 0 Å². The van der Waals surface area contributed by atoms with Gasteiger partial charge in [0.1, 0.15) is 0 Å². The molecule has 0 unspecified atom stereocenters. The van der Waals surface area contributed by atoms with Crippen molar-refractivity contribution in [3.63, 3.8) is 0 Å². The second-order valence-electron chi connectivity index (χ2n) is 2.11. The van der Waals surface area contributed by atoms with Crippen LogP contribution in [0.15, 0.2) is 0 Å². The van der Waals surface area contributed by atoms with Gasteiger partial charge in [-0.3, -0.25) is 0 Å². The first-order valence-corrected chi connectivity index (χ1v) is 9.33. The minimum absolute atomic E-state index is 0.194. The van der Waals surface area contributed by atoms with Crippen LogP contribution in [0.3, 0.4) is 0 Å². The molecular weight excluding hydrogens is 404 g/mol. The second kappa shape index (κ2) is 60.9. The molecule has 0 aromatic rings. The third-order valence-corrected chi connectivity index (χ3v) is 0.957. The van der Waals surface area contributed by atoms with Crippen LogP contribution < -0.4 is 0 Å². The van der Waals surface area contributed by atoms with Crippen molar-refractivity contribution in [2.45, 2.75) is 39.5 Å². The van der Waals surface area contributed by atoms with E-state index in [2.05, 4.69) is 13.8 Å². The molecule has 0 aromatic heterocycles. The van der Waals surface area contributed by atoms with Crippen molar-refractivity contribution in [2.24, 2.45) is 0 Å². The Morgan fingerprint density at radius 1 is 0.444 bits per heavy atom. The lowest BCUT2D eigenvalue weighted by molar-refractivity contribution is 0.702. The summed E-state index contributed by atoms with van der Waals surface area (Å²) in [6, 6.07) is 0. The molecule has 0 aromatic carbocycles. The molecule has 8 heteroatoms. The lowest BCUT2D eigenvalue weighted by atomic mass is 10.2. The molecule has 0 heterocycles. The molecular formula is C10H22Cl8. The van der Waals surface area contributed by atoms with Crippen molar-refractivity contribution < 1.29 is 0 Å². The zero-order valence-corrected chi connectivity index (χ0v) is 16.7. The third-order valence-electron chi connectivity index (χ3n) is 0.957. The Kier molecular flexibility index (Phi) is 109. The molecule has 0 aliphatic heterocycles. The largest absolute Gasteiger partial charge is 0.109 e. The van der Waals surface area contributed by atoms with E-state index in [9.17, 15) is 0 Å². The lowest BCUT2D eigenvalue weighted by Gasteiger charge is -1.86. The number of rotatable bonds is 3. The van der Waals surface area contributed by atoms with Gasteiger partial charge in [-0.2, -0.15) is 0 Å². The Bertz CT molecular complexity index is 53.8. The molecule has 0 saturated heterocycles. The molecule has 18 heavy (non-hydrogen) atoms. The summed E-state index contributed by atoms with van der Waals surface area (Å²) in [6.45, 7) is 4.46. The minimum Gasteiger partial charge on any atom is -0.109 e. The van der Waals surface area contributed by atoms with E-state index in [0.717, 1.165) is 0 Å². The number of unbranched alkanes of at least 4 members (excludes halogenated alkanes) is 3. The molecule has 0 rings (SSSR count). The highest BCUT2D eigenvalue weighted by atomic mass is 35.5. The van der Waals surface area contributed by atoms with Crippen molar-refractivity contribution in [1.82, 2.24) is 0 Å². The zero-order valence-electron chi connectivity index (χ0n) is 10.7. The number of alkyl halides is 8. The van der Waals surface area contributed by atoms with Gasteiger partial charge in [-0.25, -0.2) is 0 Å². The summed E-state index contributed by atoms with van der Waals surface area (Å²) < 4.78 is 0. The maximum absolute atomic E-state index is 4.76. The summed E-state index contributed by atoms with van der Waals surface area (Å²) in [5, 5.41) is 0.778. The van der Waals surface area contributed by atoms with Gasteiger partial charge in [0, 0.05) is 0 Å². The number of hydrogen-bond acceptors (Lipinski definition) is 0. The monoisotopic (exact) mass is 422 g/mol. The fourth-order valence-electron chi connectivity index (χ4n) is 0.500. The van der Waals surface area contributed by atoms with E-state index in [0.29, 0.717) is 0 Å². The summed E-state index contributed by atoms with van der Waals surface area (Å²) in [6.07, 6.45) is 5.54. The minimum atomic E-state index is 0.194. The van der Waals surface area contributed by atoms with Crippen molar-refractivity contribution in [2.75, 3.05) is 21.4 Å². The maximum Gasteiger partial charge on any atom is 0.0967 e. The Morgan fingerprint density at radius 2 is 0.556 bits per heavy atom.